The van der Waals surface area contributed by atoms with Crippen LogP contribution in [0.2, 0.25) is 0 Å². The fourth-order valence-electron chi connectivity index (χ4n) is 5.55. The molecular weight excluding hydrogens is 627 g/mol. The van der Waals surface area contributed by atoms with E-state index in [0.29, 0.717) is 47.2 Å². The van der Waals surface area contributed by atoms with Crippen molar-refractivity contribution in [1.29, 1.82) is 0 Å². The molecule has 1 aliphatic heterocycles. The van der Waals surface area contributed by atoms with Crippen LogP contribution in [0.3, 0.4) is 0 Å². The van der Waals surface area contributed by atoms with E-state index < -0.39 is 23.6 Å². The summed E-state index contributed by atoms with van der Waals surface area (Å²) < 4.78 is 59.4. The number of aromatic nitrogens is 6. The van der Waals surface area contributed by atoms with Crippen LogP contribution in [0.15, 0.2) is 36.8 Å². The zero-order valence-corrected chi connectivity index (χ0v) is 27.8. The van der Waals surface area contributed by atoms with Crippen LogP contribution in [0.25, 0.3) is 22.8 Å². The predicted molar refractivity (Wildman–Crippen MR) is 169 cm³/mol. The van der Waals surface area contributed by atoms with Gasteiger partial charge in [-0.2, -0.15) is 18.2 Å². The van der Waals surface area contributed by atoms with E-state index in [0.717, 1.165) is 36.0 Å². The van der Waals surface area contributed by atoms with Gasteiger partial charge in [-0.1, -0.05) is 24.3 Å². The molecular formula is C34H38F3N7O4. The normalized spacial score (nSPS) is 15.0. The fraction of sp³-hybridized carbons (Fsp3) is 0.471. The van der Waals surface area contributed by atoms with Gasteiger partial charge in [-0.15, -0.1) is 0 Å². The molecule has 2 aliphatic rings. The number of amides is 1. The smallest absolute Gasteiger partial charge is 0.434 e. The van der Waals surface area contributed by atoms with Crippen LogP contribution in [0.4, 0.5) is 18.0 Å². The Kier molecular flexibility index (Phi) is 8.77. The zero-order chi connectivity index (χ0) is 34.4. The van der Waals surface area contributed by atoms with Gasteiger partial charge in [0.1, 0.15) is 29.9 Å². The Balaban J connectivity index is 1.32. The Labute approximate surface area is 276 Å². The molecule has 6 rings (SSSR count). The van der Waals surface area contributed by atoms with Gasteiger partial charge in [-0.05, 0) is 53.0 Å². The van der Waals surface area contributed by atoms with E-state index >= 15 is 0 Å². The van der Waals surface area contributed by atoms with Crippen LogP contribution in [0.1, 0.15) is 87.6 Å². The van der Waals surface area contributed by atoms with Crippen molar-refractivity contribution in [1.82, 2.24) is 34.4 Å². The SMILES string of the molecule is COc1ncnc(C2CC2)c1-c1nc2c(c(OCc3ccc(-c4nc(C(F)(F)F)cn4C(C)C)cc3)n1)CN(C(=O)OC(C)(C)C)CC2. The first-order valence-corrected chi connectivity index (χ1v) is 15.9. The van der Waals surface area contributed by atoms with Gasteiger partial charge < -0.3 is 23.7 Å². The average molecular weight is 666 g/mol. The molecule has 11 nitrogen and oxygen atoms in total. The summed E-state index contributed by atoms with van der Waals surface area (Å²) in [6.45, 7) is 9.75. The molecule has 1 aliphatic carbocycles. The van der Waals surface area contributed by atoms with E-state index in [1.807, 2.05) is 20.8 Å². The van der Waals surface area contributed by atoms with Gasteiger partial charge in [0.2, 0.25) is 11.8 Å². The van der Waals surface area contributed by atoms with Crippen molar-refractivity contribution in [2.45, 2.75) is 90.8 Å². The molecule has 1 amide bonds. The Morgan fingerprint density at radius 2 is 1.75 bits per heavy atom. The lowest BCUT2D eigenvalue weighted by atomic mass is 10.1. The first-order chi connectivity index (χ1) is 22.7. The lowest BCUT2D eigenvalue weighted by Crippen LogP contribution is -2.40. The highest BCUT2D eigenvalue weighted by Crippen LogP contribution is 2.45. The highest BCUT2D eigenvalue weighted by Gasteiger charge is 2.36. The maximum absolute atomic E-state index is 13.4. The van der Waals surface area contributed by atoms with Crippen molar-refractivity contribution in [3.05, 3.63) is 65.0 Å². The Bertz CT molecular complexity index is 1810. The highest BCUT2D eigenvalue weighted by molar-refractivity contribution is 5.70. The van der Waals surface area contributed by atoms with Gasteiger partial charge in [0.05, 0.1) is 30.6 Å². The van der Waals surface area contributed by atoms with E-state index in [-0.39, 0.29) is 30.9 Å². The Hall–Kier alpha value is -4.75. The van der Waals surface area contributed by atoms with Gasteiger partial charge in [0.25, 0.3) is 0 Å². The molecule has 1 saturated carbocycles. The van der Waals surface area contributed by atoms with Crippen LogP contribution in [-0.4, -0.2) is 59.7 Å². The topological polar surface area (TPSA) is 117 Å². The second-order valence-electron chi connectivity index (χ2n) is 13.3. The van der Waals surface area contributed by atoms with Gasteiger partial charge in [0, 0.05) is 36.7 Å². The zero-order valence-electron chi connectivity index (χ0n) is 27.8. The molecule has 4 aromatic rings. The van der Waals surface area contributed by atoms with Crippen molar-refractivity contribution in [2.24, 2.45) is 0 Å². The molecule has 0 atom stereocenters. The first kappa shape index (κ1) is 33.2. The molecule has 1 fully saturated rings. The number of ether oxygens (including phenoxy) is 3. The van der Waals surface area contributed by atoms with Crippen LogP contribution in [-0.2, 0) is 30.5 Å². The van der Waals surface area contributed by atoms with Crippen LogP contribution in [0.5, 0.6) is 11.8 Å². The summed E-state index contributed by atoms with van der Waals surface area (Å²) in [6.07, 6.45) is -0.0326. The van der Waals surface area contributed by atoms with Gasteiger partial charge in [-0.3, -0.25) is 0 Å². The number of carbonyl (C=O) groups is 1. The summed E-state index contributed by atoms with van der Waals surface area (Å²) >= 11 is 0. The van der Waals surface area contributed by atoms with Crippen molar-refractivity contribution < 1.29 is 32.2 Å². The number of hydrogen-bond acceptors (Lipinski definition) is 9. The van der Waals surface area contributed by atoms with Crippen LogP contribution >= 0.6 is 0 Å². The number of alkyl halides is 3. The molecule has 0 saturated heterocycles. The minimum Gasteiger partial charge on any atom is -0.480 e. The van der Waals surface area contributed by atoms with Crippen molar-refractivity contribution >= 4 is 6.09 Å². The molecule has 3 aromatic heterocycles. The molecule has 0 N–H and O–H groups in total. The minimum absolute atomic E-state index is 0.0972. The molecule has 0 radical (unpaired) electrons. The quantitative estimate of drug-likeness (QED) is 0.193. The van der Waals surface area contributed by atoms with Crippen molar-refractivity contribution in [3.63, 3.8) is 0 Å². The third-order valence-electron chi connectivity index (χ3n) is 8.06. The summed E-state index contributed by atoms with van der Waals surface area (Å²) in [7, 11) is 1.54. The number of fused-ring (bicyclic) bond motifs is 1. The number of carbonyl (C=O) groups excluding carboxylic acids is 1. The van der Waals surface area contributed by atoms with Crippen LogP contribution < -0.4 is 9.47 Å². The lowest BCUT2D eigenvalue weighted by molar-refractivity contribution is -0.140. The summed E-state index contributed by atoms with van der Waals surface area (Å²) in [5, 5.41) is 0. The number of halogens is 3. The van der Waals surface area contributed by atoms with Gasteiger partial charge >= 0.3 is 12.3 Å². The molecule has 48 heavy (non-hydrogen) atoms. The third-order valence-corrected chi connectivity index (χ3v) is 8.06. The molecule has 254 valence electrons. The van der Waals surface area contributed by atoms with Gasteiger partial charge in [-0.25, -0.2) is 24.7 Å². The molecule has 0 spiro atoms. The maximum Gasteiger partial charge on any atom is 0.434 e. The summed E-state index contributed by atoms with van der Waals surface area (Å²) in [5.41, 5.74) is 2.54. The highest BCUT2D eigenvalue weighted by atomic mass is 19.4. The predicted octanol–water partition coefficient (Wildman–Crippen LogP) is 7.16. The second-order valence-corrected chi connectivity index (χ2v) is 13.3. The summed E-state index contributed by atoms with van der Waals surface area (Å²) in [4.78, 5) is 37.1. The van der Waals surface area contributed by atoms with Crippen molar-refractivity contribution in [3.8, 4) is 34.5 Å². The second kappa shape index (κ2) is 12.7. The molecule has 0 unspecified atom stereocenters. The van der Waals surface area contributed by atoms with Crippen LogP contribution in [0, 0.1) is 0 Å². The Morgan fingerprint density at radius 1 is 1.02 bits per heavy atom. The first-order valence-electron chi connectivity index (χ1n) is 15.9. The summed E-state index contributed by atoms with van der Waals surface area (Å²) in [5.74, 6) is 1.54. The molecule has 14 heteroatoms. The number of nitrogens with zero attached hydrogens (tertiary/aromatic N) is 7. The maximum atomic E-state index is 13.4. The largest absolute Gasteiger partial charge is 0.480 e. The standard InChI is InChI=1S/C34H38F3N7O4/c1-19(2)44-16-25(34(35,36)37)41-29(44)22-9-7-20(8-10-22)17-47-30-23-15-43(32(45)48-33(3,4)5)14-13-24(23)40-28(42-30)26-27(21-11-12-21)38-18-39-31(26)46-6/h7-10,16,18-19,21H,11-15,17H2,1-6H3. The number of methoxy groups -OCH3 is 1. The van der Waals surface area contributed by atoms with E-state index in [1.54, 1.807) is 43.0 Å². The van der Waals surface area contributed by atoms with E-state index in [9.17, 15) is 18.0 Å². The fourth-order valence-corrected chi connectivity index (χ4v) is 5.55. The van der Waals surface area contributed by atoms with Gasteiger partial charge in [0.15, 0.2) is 11.5 Å². The number of hydrogen-bond donors (Lipinski definition) is 0. The molecule has 1 aromatic carbocycles. The monoisotopic (exact) mass is 665 g/mol. The molecule has 4 heterocycles. The number of imidazole rings is 1. The van der Waals surface area contributed by atoms with E-state index in [2.05, 4.69) is 15.0 Å². The van der Waals surface area contributed by atoms with E-state index in [1.165, 1.54) is 18.0 Å². The molecule has 0 bridgehead atoms. The number of benzene rings is 1. The minimum atomic E-state index is -4.55. The average Bonchev–Trinajstić information content (AvgIpc) is 3.78. The van der Waals surface area contributed by atoms with Crippen molar-refractivity contribution in [2.75, 3.05) is 13.7 Å². The number of rotatable bonds is 8. The summed E-state index contributed by atoms with van der Waals surface area (Å²) in [6, 6.07) is 6.78. The lowest BCUT2D eigenvalue weighted by Gasteiger charge is -2.31. The van der Waals surface area contributed by atoms with E-state index in [4.69, 9.17) is 24.2 Å². The Morgan fingerprint density at radius 3 is 2.38 bits per heavy atom. The third kappa shape index (κ3) is 7.07.